The predicted molar refractivity (Wildman–Crippen MR) is 85.6 cm³/mol. The third kappa shape index (κ3) is 4.27. The van der Waals surface area contributed by atoms with Gasteiger partial charge in [-0.1, -0.05) is 25.4 Å². The molecular weight excluding hydrogens is 290 g/mol. The van der Waals surface area contributed by atoms with Crippen molar-refractivity contribution >= 4 is 17.5 Å². The number of carbonyl (C=O) groups is 1. The molecule has 0 aliphatic heterocycles. The largest absolute Gasteiger partial charge is 0.493 e. The molecule has 0 aliphatic rings. The van der Waals surface area contributed by atoms with E-state index in [2.05, 4.69) is 13.8 Å². The molecular formula is C16H24ClNO3. The predicted octanol–water partition coefficient (Wildman–Crippen LogP) is 3.87. The molecule has 0 fully saturated rings. The lowest BCUT2D eigenvalue weighted by molar-refractivity contribution is 0.0757. The average Bonchev–Trinajstić information content (AvgIpc) is 2.46. The van der Waals surface area contributed by atoms with Crippen LogP contribution in [0.25, 0.3) is 0 Å². The molecule has 1 amide bonds. The first-order valence-electron chi connectivity index (χ1n) is 7.15. The second kappa shape index (κ2) is 8.13. The van der Waals surface area contributed by atoms with E-state index in [0.29, 0.717) is 34.5 Å². The van der Waals surface area contributed by atoms with Crippen molar-refractivity contribution < 1.29 is 14.3 Å². The quantitative estimate of drug-likeness (QED) is 0.767. The van der Waals surface area contributed by atoms with E-state index in [4.69, 9.17) is 21.1 Å². The molecule has 0 N–H and O–H groups in total. The molecule has 5 heteroatoms. The Balaban J connectivity index is 3.05. The summed E-state index contributed by atoms with van der Waals surface area (Å²) in [6.45, 7) is 7.62. The summed E-state index contributed by atoms with van der Waals surface area (Å²) in [5, 5.41) is 0.296. The number of ether oxygens (including phenoxy) is 2. The Morgan fingerprint density at radius 2 is 1.95 bits per heavy atom. The summed E-state index contributed by atoms with van der Waals surface area (Å²) in [7, 11) is 3.05. The molecule has 0 radical (unpaired) electrons. The second-order valence-electron chi connectivity index (χ2n) is 5.23. The molecule has 1 rings (SSSR count). The highest BCUT2D eigenvalue weighted by atomic mass is 35.5. The van der Waals surface area contributed by atoms with Crippen molar-refractivity contribution in [2.75, 3.05) is 27.3 Å². The molecule has 1 aromatic carbocycles. The van der Waals surface area contributed by atoms with Gasteiger partial charge in [-0.05, 0) is 31.4 Å². The highest BCUT2D eigenvalue weighted by Crippen LogP contribution is 2.37. The van der Waals surface area contributed by atoms with Gasteiger partial charge in [0.1, 0.15) is 0 Å². The maximum Gasteiger partial charge on any atom is 0.255 e. The zero-order chi connectivity index (χ0) is 16.0. The Morgan fingerprint density at radius 3 is 2.43 bits per heavy atom. The number of hydrogen-bond donors (Lipinski definition) is 0. The van der Waals surface area contributed by atoms with E-state index in [-0.39, 0.29) is 5.91 Å². The van der Waals surface area contributed by atoms with Gasteiger partial charge in [0, 0.05) is 13.1 Å². The van der Waals surface area contributed by atoms with Gasteiger partial charge in [0.25, 0.3) is 5.91 Å². The van der Waals surface area contributed by atoms with E-state index in [1.807, 2.05) is 6.92 Å². The monoisotopic (exact) mass is 313 g/mol. The average molecular weight is 314 g/mol. The molecule has 0 aliphatic carbocycles. The highest BCUT2D eigenvalue weighted by Gasteiger charge is 2.21. The lowest BCUT2D eigenvalue weighted by Gasteiger charge is -2.23. The van der Waals surface area contributed by atoms with Gasteiger partial charge in [-0.2, -0.15) is 0 Å². The van der Waals surface area contributed by atoms with Gasteiger partial charge in [-0.15, -0.1) is 0 Å². The zero-order valence-electron chi connectivity index (χ0n) is 13.4. The van der Waals surface area contributed by atoms with Gasteiger partial charge in [-0.3, -0.25) is 4.79 Å². The Bertz CT molecular complexity index is 489. The van der Waals surface area contributed by atoms with Crippen LogP contribution >= 0.6 is 11.6 Å². The molecule has 0 saturated heterocycles. The summed E-state index contributed by atoms with van der Waals surface area (Å²) in [5.74, 6) is 1.38. The standard InChI is InChI=1S/C16H24ClNO3/c1-6-18(10-9-11(2)3)16(19)12-7-8-13(20-4)15(21-5)14(12)17/h7-8,11H,6,9-10H2,1-5H3. The van der Waals surface area contributed by atoms with Gasteiger partial charge in [0.15, 0.2) is 11.5 Å². The summed E-state index contributed by atoms with van der Waals surface area (Å²) in [5.41, 5.74) is 0.444. The number of benzene rings is 1. The van der Waals surface area contributed by atoms with Crippen LogP contribution in [0.1, 0.15) is 37.6 Å². The molecule has 0 bridgehead atoms. The molecule has 21 heavy (non-hydrogen) atoms. The zero-order valence-corrected chi connectivity index (χ0v) is 14.2. The van der Waals surface area contributed by atoms with Crippen LogP contribution in [0.3, 0.4) is 0 Å². The number of amides is 1. The maximum absolute atomic E-state index is 12.6. The van der Waals surface area contributed by atoms with Gasteiger partial charge in [-0.25, -0.2) is 0 Å². The SMILES string of the molecule is CCN(CCC(C)C)C(=O)c1ccc(OC)c(OC)c1Cl. The summed E-state index contributed by atoms with van der Waals surface area (Å²) >= 11 is 6.30. The van der Waals surface area contributed by atoms with Crippen LogP contribution in [0.5, 0.6) is 11.5 Å². The van der Waals surface area contributed by atoms with E-state index in [1.54, 1.807) is 17.0 Å². The van der Waals surface area contributed by atoms with Crippen LogP contribution in [-0.2, 0) is 0 Å². The summed E-state index contributed by atoms with van der Waals surface area (Å²) in [6.07, 6.45) is 0.963. The van der Waals surface area contributed by atoms with Crippen molar-refractivity contribution in [1.29, 1.82) is 0 Å². The fourth-order valence-electron chi connectivity index (χ4n) is 2.04. The van der Waals surface area contributed by atoms with Gasteiger partial charge >= 0.3 is 0 Å². The van der Waals surface area contributed by atoms with Crippen molar-refractivity contribution in [3.8, 4) is 11.5 Å². The number of rotatable bonds is 7. The second-order valence-corrected chi connectivity index (χ2v) is 5.61. The van der Waals surface area contributed by atoms with Crippen LogP contribution < -0.4 is 9.47 Å². The fraction of sp³-hybridized carbons (Fsp3) is 0.562. The van der Waals surface area contributed by atoms with Crippen molar-refractivity contribution in [2.24, 2.45) is 5.92 Å². The van der Waals surface area contributed by atoms with Crippen LogP contribution in [0.2, 0.25) is 5.02 Å². The van der Waals surface area contributed by atoms with E-state index in [9.17, 15) is 4.79 Å². The molecule has 0 aromatic heterocycles. The Hall–Kier alpha value is -1.42. The molecule has 1 aromatic rings. The molecule has 0 saturated carbocycles. The van der Waals surface area contributed by atoms with Gasteiger partial charge in [0.05, 0.1) is 24.8 Å². The number of methoxy groups -OCH3 is 2. The maximum atomic E-state index is 12.6. The van der Waals surface area contributed by atoms with Crippen LogP contribution in [0.15, 0.2) is 12.1 Å². The molecule has 0 unspecified atom stereocenters. The summed E-state index contributed by atoms with van der Waals surface area (Å²) in [6, 6.07) is 3.39. The van der Waals surface area contributed by atoms with Crippen molar-refractivity contribution in [3.63, 3.8) is 0 Å². The first-order chi connectivity index (χ1) is 9.96. The molecule has 4 nitrogen and oxygen atoms in total. The minimum absolute atomic E-state index is 0.0795. The van der Waals surface area contributed by atoms with E-state index >= 15 is 0 Å². The summed E-state index contributed by atoms with van der Waals surface area (Å²) < 4.78 is 10.4. The van der Waals surface area contributed by atoms with Gasteiger partial charge < -0.3 is 14.4 Å². The first-order valence-corrected chi connectivity index (χ1v) is 7.53. The van der Waals surface area contributed by atoms with Crippen molar-refractivity contribution in [3.05, 3.63) is 22.7 Å². The Kier molecular flexibility index (Phi) is 6.82. The van der Waals surface area contributed by atoms with Crippen LogP contribution in [0.4, 0.5) is 0 Å². The van der Waals surface area contributed by atoms with Crippen molar-refractivity contribution in [2.45, 2.75) is 27.2 Å². The van der Waals surface area contributed by atoms with Gasteiger partial charge in [0.2, 0.25) is 0 Å². The highest BCUT2D eigenvalue weighted by molar-refractivity contribution is 6.35. The third-order valence-electron chi connectivity index (χ3n) is 3.36. The van der Waals surface area contributed by atoms with Crippen LogP contribution in [-0.4, -0.2) is 38.1 Å². The third-order valence-corrected chi connectivity index (χ3v) is 3.74. The Labute approximate surface area is 132 Å². The number of hydrogen-bond acceptors (Lipinski definition) is 3. The summed E-state index contributed by atoms with van der Waals surface area (Å²) in [4.78, 5) is 14.4. The van der Waals surface area contributed by atoms with E-state index in [1.165, 1.54) is 14.2 Å². The number of carbonyl (C=O) groups excluding carboxylic acids is 1. The normalized spacial score (nSPS) is 10.6. The molecule has 0 heterocycles. The molecule has 0 atom stereocenters. The molecule has 118 valence electrons. The van der Waals surface area contributed by atoms with E-state index < -0.39 is 0 Å². The number of nitrogens with zero attached hydrogens (tertiary/aromatic N) is 1. The van der Waals surface area contributed by atoms with Crippen molar-refractivity contribution in [1.82, 2.24) is 4.90 Å². The van der Waals surface area contributed by atoms with E-state index in [0.717, 1.165) is 13.0 Å². The van der Waals surface area contributed by atoms with Crippen LogP contribution in [0, 0.1) is 5.92 Å². The lowest BCUT2D eigenvalue weighted by atomic mass is 10.1. The Morgan fingerprint density at radius 1 is 1.29 bits per heavy atom. The smallest absolute Gasteiger partial charge is 0.255 e. The lowest BCUT2D eigenvalue weighted by Crippen LogP contribution is -2.32. The topological polar surface area (TPSA) is 38.8 Å². The fourth-order valence-corrected chi connectivity index (χ4v) is 2.36. The molecule has 0 spiro atoms. The first kappa shape index (κ1) is 17.6. The minimum atomic E-state index is -0.0795. The minimum Gasteiger partial charge on any atom is -0.493 e. The number of halogens is 1.